The molecule has 0 radical (unpaired) electrons. The Morgan fingerprint density at radius 3 is 2.71 bits per heavy atom. The maximum Gasteiger partial charge on any atom is 0.261 e. The molecular weight excluding hydrogens is 271 g/mol. The average Bonchev–Trinajstić information content (AvgIpc) is 2.53. The van der Waals surface area contributed by atoms with Crippen molar-refractivity contribution in [1.82, 2.24) is 10.3 Å². The minimum atomic E-state index is -0.731. The molecule has 0 spiro atoms. The molecule has 1 unspecified atom stereocenters. The van der Waals surface area contributed by atoms with Crippen LogP contribution in [-0.4, -0.2) is 17.0 Å². The van der Waals surface area contributed by atoms with Crippen LogP contribution in [-0.2, 0) is 11.3 Å². The van der Waals surface area contributed by atoms with E-state index in [2.05, 4.69) is 10.3 Å². The van der Waals surface area contributed by atoms with Crippen molar-refractivity contribution in [3.05, 3.63) is 60.2 Å². The summed E-state index contributed by atoms with van der Waals surface area (Å²) in [6.07, 6.45) is 1.38. The zero-order valence-corrected chi connectivity index (χ0v) is 11.8. The van der Waals surface area contributed by atoms with Gasteiger partial charge in [0.25, 0.3) is 5.91 Å². The summed E-state index contributed by atoms with van der Waals surface area (Å²) in [7, 11) is 0. The molecule has 2 aromatic rings. The molecule has 0 aliphatic heterocycles. The average molecular weight is 288 g/mol. The van der Waals surface area contributed by atoms with Crippen LogP contribution in [0.25, 0.3) is 0 Å². The van der Waals surface area contributed by atoms with E-state index in [-0.39, 0.29) is 11.7 Å². The first-order valence-corrected chi connectivity index (χ1v) is 6.79. The van der Waals surface area contributed by atoms with Crippen molar-refractivity contribution >= 4 is 5.91 Å². The Bertz CT molecular complexity index is 590. The molecule has 0 aliphatic rings. The van der Waals surface area contributed by atoms with Gasteiger partial charge >= 0.3 is 0 Å². The van der Waals surface area contributed by atoms with Gasteiger partial charge in [-0.15, -0.1) is 0 Å². The van der Waals surface area contributed by atoms with Gasteiger partial charge in [-0.05, 0) is 30.7 Å². The van der Waals surface area contributed by atoms with Crippen LogP contribution in [0.3, 0.4) is 0 Å². The van der Waals surface area contributed by atoms with Crippen molar-refractivity contribution < 1.29 is 13.9 Å². The number of hydrogen-bond donors (Lipinski definition) is 1. The second-order valence-corrected chi connectivity index (χ2v) is 4.48. The first-order valence-electron chi connectivity index (χ1n) is 6.79. The fourth-order valence-corrected chi connectivity index (χ4v) is 1.81. The molecule has 1 aromatic heterocycles. The van der Waals surface area contributed by atoms with Crippen molar-refractivity contribution in [3.8, 4) is 5.75 Å². The van der Waals surface area contributed by atoms with Crippen molar-refractivity contribution in [2.45, 2.75) is 26.0 Å². The summed E-state index contributed by atoms with van der Waals surface area (Å²) in [5.41, 5.74) is 0.756. The molecule has 1 heterocycles. The number of halogens is 1. The molecular formula is C16H17FN2O2. The fraction of sp³-hybridized carbons (Fsp3) is 0.250. The van der Waals surface area contributed by atoms with Crippen LogP contribution in [0, 0.1) is 5.82 Å². The van der Waals surface area contributed by atoms with E-state index in [9.17, 15) is 9.18 Å². The molecule has 1 N–H and O–H groups in total. The van der Waals surface area contributed by atoms with Crippen LogP contribution in [0.2, 0.25) is 0 Å². The van der Waals surface area contributed by atoms with Gasteiger partial charge in [0, 0.05) is 6.20 Å². The Labute approximate surface area is 123 Å². The van der Waals surface area contributed by atoms with Crippen LogP contribution < -0.4 is 10.1 Å². The van der Waals surface area contributed by atoms with E-state index >= 15 is 0 Å². The smallest absolute Gasteiger partial charge is 0.261 e. The van der Waals surface area contributed by atoms with E-state index in [1.807, 2.05) is 25.1 Å². The van der Waals surface area contributed by atoms with Gasteiger partial charge in [0.15, 0.2) is 17.7 Å². The van der Waals surface area contributed by atoms with E-state index < -0.39 is 11.9 Å². The number of para-hydroxylation sites is 1. The highest BCUT2D eigenvalue weighted by atomic mass is 19.1. The Hall–Kier alpha value is -2.43. The number of rotatable bonds is 6. The first-order chi connectivity index (χ1) is 10.2. The number of carbonyl (C=O) groups is 1. The number of nitrogens with zero attached hydrogens (tertiary/aromatic N) is 1. The maximum absolute atomic E-state index is 13.5. The number of pyridine rings is 1. The van der Waals surface area contributed by atoms with Crippen molar-refractivity contribution in [3.63, 3.8) is 0 Å². The zero-order chi connectivity index (χ0) is 15.1. The van der Waals surface area contributed by atoms with E-state index in [0.29, 0.717) is 13.0 Å². The van der Waals surface area contributed by atoms with Gasteiger partial charge in [0.2, 0.25) is 0 Å². The first kappa shape index (κ1) is 15.0. The molecule has 0 fully saturated rings. The highest BCUT2D eigenvalue weighted by Gasteiger charge is 2.19. The molecule has 1 amide bonds. The van der Waals surface area contributed by atoms with Gasteiger partial charge < -0.3 is 10.1 Å². The number of nitrogens with one attached hydrogen (secondary N) is 1. The maximum atomic E-state index is 13.5. The lowest BCUT2D eigenvalue weighted by Crippen LogP contribution is -2.37. The number of aromatic nitrogens is 1. The van der Waals surface area contributed by atoms with Crippen molar-refractivity contribution in [1.29, 1.82) is 0 Å². The van der Waals surface area contributed by atoms with E-state index in [0.717, 1.165) is 5.69 Å². The van der Waals surface area contributed by atoms with E-state index in [1.165, 1.54) is 12.1 Å². The molecule has 0 aliphatic carbocycles. The summed E-state index contributed by atoms with van der Waals surface area (Å²) < 4.78 is 19.0. The lowest BCUT2D eigenvalue weighted by Gasteiger charge is -2.17. The standard InChI is InChI=1S/C16H17FN2O2/c1-2-14(21-15-9-4-3-8-13(15)17)16(20)19-11-12-7-5-6-10-18-12/h3-10,14H,2,11H2,1H3,(H,19,20). The Kier molecular flexibility index (Phi) is 5.26. The van der Waals surface area contributed by atoms with E-state index in [1.54, 1.807) is 18.3 Å². The predicted molar refractivity (Wildman–Crippen MR) is 77.2 cm³/mol. The van der Waals surface area contributed by atoms with Crippen LogP contribution in [0.5, 0.6) is 5.75 Å². The molecule has 5 heteroatoms. The number of ether oxygens (including phenoxy) is 1. The molecule has 0 saturated heterocycles. The Morgan fingerprint density at radius 1 is 1.29 bits per heavy atom. The molecule has 0 saturated carbocycles. The van der Waals surface area contributed by atoms with Gasteiger partial charge in [0.05, 0.1) is 12.2 Å². The Balaban J connectivity index is 1.94. The topological polar surface area (TPSA) is 51.2 Å². The second-order valence-electron chi connectivity index (χ2n) is 4.48. The molecule has 110 valence electrons. The fourth-order valence-electron chi connectivity index (χ4n) is 1.81. The van der Waals surface area contributed by atoms with Gasteiger partial charge in [-0.25, -0.2) is 4.39 Å². The lowest BCUT2D eigenvalue weighted by atomic mass is 10.2. The number of carbonyl (C=O) groups excluding carboxylic acids is 1. The van der Waals surface area contributed by atoms with Gasteiger partial charge in [-0.3, -0.25) is 9.78 Å². The highest BCUT2D eigenvalue weighted by Crippen LogP contribution is 2.18. The van der Waals surface area contributed by atoms with Crippen LogP contribution in [0.1, 0.15) is 19.0 Å². The summed E-state index contributed by atoms with van der Waals surface area (Å²) in [5.74, 6) is -0.683. The number of hydrogen-bond acceptors (Lipinski definition) is 3. The van der Waals surface area contributed by atoms with Crippen LogP contribution in [0.15, 0.2) is 48.7 Å². The summed E-state index contributed by atoms with van der Waals surface area (Å²) >= 11 is 0. The minimum Gasteiger partial charge on any atom is -0.478 e. The highest BCUT2D eigenvalue weighted by molar-refractivity contribution is 5.81. The van der Waals surface area contributed by atoms with E-state index in [4.69, 9.17) is 4.74 Å². The summed E-state index contributed by atoms with van der Waals surface area (Å²) in [4.78, 5) is 16.2. The lowest BCUT2D eigenvalue weighted by molar-refractivity contribution is -0.128. The largest absolute Gasteiger partial charge is 0.478 e. The van der Waals surface area contributed by atoms with Crippen molar-refractivity contribution in [2.24, 2.45) is 0 Å². The molecule has 4 nitrogen and oxygen atoms in total. The molecule has 0 bridgehead atoms. The van der Waals surface area contributed by atoms with Crippen molar-refractivity contribution in [2.75, 3.05) is 0 Å². The third kappa shape index (κ3) is 4.27. The van der Waals surface area contributed by atoms with Crippen LogP contribution in [0.4, 0.5) is 4.39 Å². The van der Waals surface area contributed by atoms with Gasteiger partial charge in [0.1, 0.15) is 0 Å². The summed E-state index contributed by atoms with van der Waals surface area (Å²) in [6.45, 7) is 2.13. The summed E-state index contributed by atoms with van der Waals surface area (Å²) in [5, 5.41) is 2.74. The zero-order valence-electron chi connectivity index (χ0n) is 11.8. The van der Waals surface area contributed by atoms with Gasteiger partial charge in [-0.2, -0.15) is 0 Å². The molecule has 1 atom stereocenters. The minimum absolute atomic E-state index is 0.0809. The normalized spacial score (nSPS) is 11.7. The molecule has 21 heavy (non-hydrogen) atoms. The Morgan fingerprint density at radius 2 is 2.05 bits per heavy atom. The molecule has 1 aromatic carbocycles. The third-order valence-corrected chi connectivity index (χ3v) is 2.94. The number of amides is 1. The summed E-state index contributed by atoms with van der Waals surface area (Å²) in [6, 6.07) is 11.5. The monoisotopic (exact) mass is 288 g/mol. The second kappa shape index (κ2) is 7.38. The van der Waals surface area contributed by atoms with Crippen LogP contribution >= 0.6 is 0 Å². The predicted octanol–water partition coefficient (Wildman–Crippen LogP) is 2.69. The molecule has 2 rings (SSSR count). The quantitative estimate of drug-likeness (QED) is 0.889. The SMILES string of the molecule is CCC(Oc1ccccc1F)C(=O)NCc1ccccn1. The number of benzene rings is 1. The van der Waals surface area contributed by atoms with Gasteiger partial charge in [-0.1, -0.05) is 25.1 Å². The third-order valence-electron chi connectivity index (χ3n) is 2.94.